The number of fused-ring (bicyclic) bond motifs is 1. The van der Waals surface area contributed by atoms with Crippen molar-refractivity contribution in [2.24, 2.45) is 5.73 Å². The number of benzene rings is 2. The summed E-state index contributed by atoms with van der Waals surface area (Å²) < 4.78 is 43.9. The molecule has 7 heteroatoms. The predicted molar refractivity (Wildman–Crippen MR) is 80.2 cm³/mol. The maximum atomic E-state index is 13.3. The van der Waals surface area contributed by atoms with Gasteiger partial charge < -0.3 is 10.5 Å². The van der Waals surface area contributed by atoms with Crippen LogP contribution in [0.3, 0.4) is 0 Å². The van der Waals surface area contributed by atoms with E-state index in [9.17, 15) is 17.6 Å². The van der Waals surface area contributed by atoms with Crippen LogP contribution in [0.4, 0.5) is 4.39 Å². The van der Waals surface area contributed by atoms with E-state index in [1.165, 1.54) is 30.3 Å². The molecule has 0 saturated heterocycles. The van der Waals surface area contributed by atoms with Crippen LogP contribution in [0.25, 0.3) is 0 Å². The highest BCUT2D eigenvalue weighted by molar-refractivity contribution is 7.91. The Morgan fingerprint density at radius 2 is 1.91 bits per heavy atom. The molecule has 1 atom stereocenters. The summed E-state index contributed by atoms with van der Waals surface area (Å²) in [4.78, 5) is 11.1. The first kappa shape index (κ1) is 15.5. The van der Waals surface area contributed by atoms with Crippen molar-refractivity contribution in [3.8, 4) is 5.75 Å². The molecule has 0 spiro atoms. The molecule has 0 unspecified atom stereocenters. The third kappa shape index (κ3) is 2.92. The Kier molecular flexibility index (Phi) is 3.81. The van der Waals surface area contributed by atoms with Gasteiger partial charge in [0.25, 0.3) is 5.91 Å². The molecule has 0 saturated carbocycles. The molecule has 1 heterocycles. The maximum Gasteiger partial charge on any atom is 0.258 e. The second-order valence-corrected chi connectivity index (χ2v) is 7.23. The maximum absolute atomic E-state index is 13.3. The standard InChI is InChI=1S/C16H14FNO4S/c17-11-2-1-3-12(8-11)23(20,21)13-6-4-10-5-7-14(16(18)19)22-15(10)9-13/h1-4,6,8-9,14H,5,7H2,(H2,18,19)/t14-/m1/s1. The molecule has 1 amide bonds. The van der Waals surface area contributed by atoms with E-state index in [0.717, 1.165) is 11.6 Å². The van der Waals surface area contributed by atoms with E-state index in [0.29, 0.717) is 18.6 Å². The number of primary amides is 1. The van der Waals surface area contributed by atoms with Gasteiger partial charge in [-0.05, 0) is 48.7 Å². The van der Waals surface area contributed by atoms with Crippen LogP contribution < -0.4 is 10.5 Å². The van der Waals surface area contributed by atoms with Gasteiger partial charge in [-0.25, -0.2) is 12.8 Å². The second-order valence-electron chi connectivity index (χ2n) is 5.28. The molecule has 5 nitrogen and oxygen atoms in total. The first-order valence-corrected chi connectivity index (χ1v) is 8.46. The Bertz CT molecular complexity index is 879. The lowest BCUT2D eigenvalue weighted by molar-refractivity contribution is -0.125. The fourth-order valence-corrected chi connectivity index (χ4v) is 3.79. The average molecular weight is 335 g/mol. The lowest BCUT2D eigenvalue weighted by Crippen LogP contribution is -2.36. The van der Waals surface area contributed by atoms with Gasteiger partial charge in [0.05, 0.1) is 9.79 Å². The highest BCUT2D eigenvalue weighted by atomic mass is 32.2. The van der Waals surface area contributed by atoms with Crippen molar-refractivity contribution >= 4 is 15.7 Å². The number of carbonyl (C=O) groups is 1. The first-order chi connectivity index (χ1) is 10.9. The third-order valence-corrected chi connectivity index (χ3v) is 5.47. The van der Waals surface area contributed by atoms with Crippen molar-refractivity contribution in [1.82, 2.24) is 0 Å². The number of sulfone groups is 1. The van der Waals surface area contributed by atoms with Crippen molar-refractivity contribution in [1.29, 1.82) is 0 Å². The predicted octanol–water partition coefficient (Wildman–Crippen LogP) is 1.84. The number of amides is 1. The average Bonchev–Trinajstić information content (AvgIpc) is 2.53. The minimum Gasteiger partial charge on any atom is -0.480 e. The van der Waals surface area contributed by atoms with Gasteiger partial charge in [-0.3, -0.25) is 4.79 Å². The normalized spacial score (nSPS) is 17.2. The molecule has 3 rings (SSSR count). The zero-order valence-corrected chi connectivity index (χ0v) is 12.8. The fourth-order valence-electron chi connectivity index (χ4n) is 2.49. The van der Waals surface area contributed by atoms with Crippen molar-refractivity contribution in [2.45, 2.75) is 28.7 Å². The summed E-state index contributed by atoms with van der Waals surface area (Å²) in [5.41, 5.74) is 6.04. The molecule has 0 aromatic heterocycles. The SMILES string of the molecule is NC(=O)[C@H]1CCc2ccc(S(=O)(=O)c3cccc(F)c3)cc2O1. The topological polar surface area (TPSA) is 86.5 Å². The van der Waals surface area contributed by atoms with Crippen molar-refractivity contribution in [2.75, 3.05) is 0 Å². The minimum atomic E-state index is -3.87. The number of hydrogen-bond donors (Lipinski definition) is 1. The van der Waals surface area contributed by atoms with E-state index < -0.39 is 27.7 Å². The number of aryl methyl sites for hydroxylation is 1. The number of carbonyl (C=O) groups excluding carboxylic acids is 1. The van der Waals surface area contributed by atoms with Gasteiger partial charge in [0.15, 0.2) is 6.10 Å². The Morgan fingerprint density at radius 3 is 2.61 bits per heavy atom. The molecule has 0 radical (unpaired) electrons. The summed E-state index contributed by atoms with van der Waals surface area (Å²) in [6, 6.07) is 9.23. The Labute approximate surface area is 132 Å². The fraction of sp³-hybridized carbons (Fsp3) is 0.188. The third-order valence-electron chi connectivity index (χ3n) is 3.72. The highest BCUT2D eigenvalue weighted by Gasteiger charge is 2.26. The Hall–Kier alpha value is -2.41. The van der Waals surface area contributed by atoms with E-state index in [1.807, 2.05) is 0 Å². The van der Waals surface area contributed by atoms with Crippen LogP contribution in [0.1, 0.15) is 12.0 Å². The molecule has 2 aromatic rings. The van der Waals surface area contributed by atoms with E-state index in [-0.39, 0.29) is 9.79 Å². The van der Waals surface area contributed by atoms with Gasteiger partial charge in [0.1, 0.15) is 11.6 Å². The molecule has 120 valence electrons. The zero-order chi connectivity index (χ0) is 16.6. The Morgan fingerprint density at radius 1 is 1.17 bits per heavy atom. The molecule has 1 aliphatic heterocycles. The molecule has 2 aromatic carbocycles. The van der Waals surface area contributed by atoms with Crippen LogP contribution in [-0.4, -0.2) is 20.4 Å². The van der Waals surface area contributed by atoms with Crippen molar-refractivity contribution in [3.63, 3.8) is 0 Å². The monoisotopic (exact) mass is 335 g/mol. The summed E-state index contributed by atoms with van der Waals surface area (Å²) in [6.07, 6.45) is 0.260. The van der Waals surface area contributed by atoms with Crippen LogP contribution in [0.15, 0.2) is 52.3 Å². The summed E-state index contributed by atoms with van der Waals surface area (Å²) in [5, 5.41) is 0. The number of ether oxygens (including phenoxy) is 1. The number of nitrogens with two attached hydrogens (primary N) is 1. The van der Waals surface area contributed by atoms with Gasteiger partial charge in [0.2, 0.25) is 9.84 Å². The zero-order valence-electron chi connectivity index (χ0n) is 12.0. The van der Waals surface area contributed by atoms with Crippen LogP contribution in [0.2, 0.25) is 0 Å². The van der Waals surface area contributed by atoms with E-state index in [2.05, 4.69) is 0 Å². The summed E-state index contributed by atoms with van der Waals surface area (Å²) >= 11 is 0. The summed E-state index contributed by atoms with van der Waals surface area (Å²) in [6.45, 7) is 0. The van der Waals surface area contributed by atoms with Gasteiger partial charge in [-0.15, -0.1) is 0 Å². The quantitative estimate of drug-likeness (QED) is 0.927. The lowest BCUT2D eigenvalue weighted by atomic mass is 10.0. The van der Waals surface area contributed by atoms with Crippen molar-refractivity contribution in [3.05, 3.63) is 53.8 Å². The second kappa shape index (κ2) is 5.66. The molecule has 0 aliphatic carbocycles. The molecule has 23 heavy (non-hydrogen) atoms. The molecular formula is C16H14FNO4S. The molecular weight excluding hydrogens is 321 g/mol. The first-order valence-electron chi connectivity index (χ1n) is 6.97. The summed E-state index contributed by atoms with van der Waals surface area (Å²) in [5.74, 6) is -0.902. The number of rotatable bonds is 3. The number of hydrogen-bond acceptors (Lipinski definition) is 4. The van der Waals surface area contributed by atoms with Crippen LogP contribution in [0.5, 0.6) is 5.75 Å². The van der Waals surface area contributed by atoms with Gasteiger partial charge in [0, 0.05) is 0 Å². The van der Waals surface area contributed by atoms with Crippen LogP contribution in [0, 0.1) is 5.82 Å². The largest absolute Gasteiger partial charge is 0.480 e. The van der Waals surface area contributed by atoms with Gasteiger partial charge >= 0.3 is 0 Å². The smallest absolute Gasteiger partial charge is 0.258 e. The summed E-state index contributed by atoms with van der Waals surface area (Å²) in [7, 11) is -3.87. The van der Waals surface area contributed by atoms with E-state index in [1.54, 1.807) is 6.07 Å². The van der Waals surface area contributed by atoms with Crippen LogP contribution in [-0.2, 0) is 21.1 Å². The molecule has 2 N–H and O–H groups in total. The van der Waals surface area contributed by atoms with Gasteiger partial charge in [-0.1, -0.05) is 12.1 Å². The lowest BCUT2D eigenvalue weighted by Gasteiger charge is -2.24. The molecule has 1 aliphatic rings. The van der Waals surface area contributed by atoms with E-state index >= 15 is 0 Å². The van der Waals surface area contributed by atoms with Crippen LogP contribution >= 0.6 is 0 Å². The molecule has 0 fully saturated rings. The molecule has 0 bridgehead atoms. The number of halogens is 1. The van der Waals surface area contributed by atoms with Crippen molar-refractivity contribution < 1.29 is 22.3 Å². The highest BCUT2D eigenvalue weighted by Crippen LogP contribution is 2.32. The van der Waals surface area contributed by atoms with E-state index in [4.69, 9.17) is 10.5 Å². The van der Waals surface area contributed by atoms with Gasteiger partial charge in [-0.2, -0.15) is 0 Å². The minimum absolute atomic E-state index is 0.0213. The Balaban J connectivity index is 2.02.